The van der Waals surface area contributed by atoms with Gasteiger partial charge in [-0.15, -0.1) is 0 Å². The Balaban J connectivity index is 1.64. The van der Waals surface area contributed by atoms with Crippen molar-refractivity contribution >= 4 is 55.9 Å². The van der Waals surface area contributed by atoms with Crippen molar-refractivity contribution in [1.82, 2.24) is 9.97 Å². The first kappa shape index (κ1) is 22.5. The van der Waals surface area contributed by atoms with Crippen LogP contribution in [-0.2, 0) is 21.4 Å². The lowest BCUT2D eigenvalue weighted by atomic mass is 10.2. The minimum absolute atomic E-state index is 0.0233. The maximum absolute atomic E-state index is 13.0. The van der Waals surface area contributed by atoms with Gasteiger partial charge in [0.2, 0.25) is 5.91 Å². The summed E-state index contributed by atoms with van der Waals surface area (Å²) in [7, 11) is -3.96. The van der Waals surface area contributed by atoms with Crippen LogP contribution in [0.15, 0.2) is 77.7 Å². The van der Waals surface area contributed by atoms with Crippen molar-refractivity contribution in [2.45, 2.75) is 18.4 Å². The van der Waals surface area contributed by atoms with E-state index in [1.54, 1.807) is 30.3 Å². The predicted octanol–water partition coefficient (Wildman–Crippen LogP) is 4.65. The number of rotatable bonds is 7. The van der Waals surface area contributed by atoms with Crippen LogP contribution >= 0.6 is 11.6 Å². The van der Waals surface area contributed by atoms with Gasteiger partial charge in [-0.1, -0.05) is 35.9 Å². The Hall–Kier alpha value is -3.69. The number of nitrogens with zero attached hydrogens (tertiary/aromatic N) is 2. The highest BCUT2D eigenvalue weighted by Crippen LogP contribution is 2.25. The molecule has 0 unspecified atom stereocenters. The molecule has 8 nitrogen and oxygen atoms in total. The molecule has 0 aliphatic rings. The van der Waals surface area contributed by atoms with Crippen molar-refractivity contribution in [3.63, 3.8) is 0 Å². The van der Waals surface area contributed by atoms with Gasteiger partial charge in [-0.2, -0.15) is 0 Å². The Morgan fingerprint density at radius 2 is 1.48 bits per heavy atom. The van der Waals surface area contributed by atoms with E-state index in [1.807, 2.05) is 18.2 Å². The molecule has 0 bridgehead atoms. The lowest BCUT2D eigenvalue weighted by Gasteiger charge is -2.14. The van der Waals surface area contributed by atoms with Crippen molar-refractivity contribution in [1.29, 1.82) is 0 Å². The molecule has 0 radical (unpaired) electrons. The Morgan fingerprint density at radius 3 is 2.09 bits per heavy atom. The Kier molecular flexibility index (Phi) is 6.43. The number of amides is 1. The largest absolute Gasteiger partial charge is 0.363 e. The number of nitrogens with one attached hydrogen (secondary N) is 3. The number of aromatic nitrogens is 2. The maximum atomic E-state index is 13.0. The second-order valence-corrected chi connectivity index (χ2v) is 9.32. The average molecular weight is 482 g/mol. The van der Waals surface area contributed by atoms with Gasteiger partial charge in [-0.3, -0.25) is 9.52 Å². The molecule has 1 amide bonds. The zero-order valence-electron chi connectivity index (χ0n) is 17.5. The minimum Gasteiger partial charge on any atom is -0.363 e. The highest BCUT2D eigenvalue weighted by molar-refractivity contribution is 7.92. The van der Waals surface area contributed by atoms with Gasteiger partial charge in [0, 0.05) is 24.2 Å². The zero-order chi connectivity index (χ0) is 23.4. The molecule has 168 valence electrons. The van der Waals surface area contributed by atoms with Crippen molar-refractivity contribution in [3.8, 4) is 0 Å². The molecule has 3 N–H and O–H groups in total. The van der Waals surface area contributed by atoms with E-state index in [1.165, 1.54) is 31.2 Å². The van der Waals surface area contributed by atoms with E-state index in [4.69, 9.17) is 11.6 Å². The van der Waals surface area contributed by atoms with Crippen molar-refractivity contribution in [3.05, 3.63) is 83.4 Å². The summed E-state index contributed by atoms with van der Waals surface area (Å²) in [4.78, 5) is 20.2. The molecule has 10 heteroatoms. The van der Waals surface area contributed by atoms with Crippen molar-refractivity contribution in [2.75, 3.05) is 15.4 Å². The van der Waals surface area contributed by atoms with E-state index in [-0.39, 0.29) is 16.6 Å². The van der Waals surface area contributed by atoms with E-state index in [0.29, 0.717) is 34.1 Å². The lowest BCUT2D eigenvalue weighted by molar-refractivity contribution is -0.114. The van der Waals surface area contributed by atoms with Crippen LogP contribution in [-0.4, -0.2) is 24.3 Å². The molecular weight excluding hydrogens is 462 g/mol. The summed E-state index contributed by atoms with van der Waals surface area (Å²) in [6.45, 7) is 1.77. The Labute approximate surface area is 196 Å². The summed E-state index contributed by atoms with van der Waals surface area (Å²) in [6.07, 6.45) is 0. The number of hydrogen-bond donors (Lipinski definition) is 3. The summed E-state index contributed by atoms with van der Waals surface area (Å²) >= 11 is 5.94. The highest BCUT2D eigenvalue weighted by Gasteiger charge is 2.19. The number of sulfonamides is 1. The van der Waals surface area contributed by atoms with E-state index < -0.39 is 10.0 Å². The summed E-state index contributed by atoms with van der Waals surface area (Å²) < 4.78 is 28.6. The van der Waals surface area contributed by atoms with E-state index >= 15 is 0 Å². The first-order chi connectivity index (χ1) is 15.8. The molecule has 3 aromatic carbocycles. The van der Waals surface area contributed by atoms with Crippen LogP contribution in [0.2, 0.25) is 5.02 Å². The van der Waals surface area contributed by atoms with Crippen molar-refractivity contribution in [2.24, 2.45) is 0 Å². The Bertz CT molecular complexity index is 1410. The van der Waals surface area contributed by atoms with Crippen LogP contribution in [0.25, 0.3) is 11.0 Å². The smallest absolute Gasteiger partial charge is 0.263 e. The SMILES string of the molecule is CC(=O)Nc1ccc(S(=O)(=O)Nc2nc3ccccc3nc2NCc2ccc(Cl)cc2)cc1. The predicted molar refractivity (Wildman–Crippen MR) is 130 cm³/mol. The summed E-state index contributed by atoms with van der Waals surface area (Å²) in [6, 6.07) is 20.3. The second-order valence-electron chi connectivity index (χ2n) is 7.20. The lowest BCUT2D eigenvalue weighted by Crippen LogP contribution is -2.17. The van der Waals surface area contributed by atoms with Crippen LogP contribution in [0, 0.1) is 0 Å². The van der Waals surface area contributed by atoms with Gasteiger partial charge in [-0.05, 0) is 54.1 Å². The molecule has 4 rings (SSSR count). The van der Waals surface area contributed by atoms with Gasteiger partial charge in [0.15, 0.2) is 11.6 Å². The minimum atomic E-state index is -3.96. The van der Waals surface area contributed by atoms with Crippen LogP contribution < -0.4 is 15.4 Å². The molecule has 0 aliphatic heterocycles. The quantitative estimate of drug-likeness (QED) is 0.354. The molecule has 0 fully saturated rings. The van der Waals surface area contributed by atoms with E-state index in [0.717, 1.165) is 5.56 Å². The molecule has 1 aromatic heterocycles. The second kappa shape index (κ2) is 9.43. The molecule has 0 spiro atoms. The van der Waals surface area contributed by atoms with Gasteiger partial charge in [0.1, 0.15) is 0 Å². The Morgan fingerprint density at radius 1 is 0.879 bits per heavy atom. The van der Waals surface area contributed by atoms with Crippen LogP contribution in [0.3, 0.4) is 0 Å². The molecule has 0 aliphatic carbocycles. The first-order valence-electron chi connectivity index (χ1n) is 9.96. The average Bonchev–Trinajstić information content (AvgIpc) is 2.78. The third-order valence-corrected chi connectivity index (χ3v) is 6.27. The zero-order valence-corrected chi connectivity index (χ0v) is 19.1. The molecule has 33 heavy (non-hydrogen) atoms. The third-order valence-electron chi connectivity index (χ3n) is 4.66. The van der Waals surface area contributed by atoms with Crippen LogP contribution in [0.5, 0.6) is 0 Å². The fraction of sp³-hybridized carbons (Fsp3) is 0.0870. The highest BCUT2D eigenvalue weighted by atomic mass is 35.5. The number of halogens is 1. The van der Waals surface area contributed by atoms with E-state index in [9.17, 15) is 13.2 Å². The number of carbonyl (C=O) groups is 1. The number of para-hydroxylation sites is 2. The summed E-state index contributed by atoms with van der Waals surface area (Å²) in [5.74, 6) is 0.127. The third kappa shape index (κ3) is 5.57. The number of fused-ring (bicyclic) bond motifs is 1. The van der Waals surface area contributed by atoms with E-state index in [2.05, 4.69) is 25.3 Å². The first-order valence-corrected chi connectivity index (χ1v) is 11.8. The van der Waals surface area contributed by atoms with Gasteiger partial charge in [-0.25, -0.2) is 18.4 Å². The fourth-order valence-electron chi connectivity index (χ4n) is 3.09. The molecule has 0 saturated heterocycles. The fourth-order valence-corrected chi connectivity index (χ4v) is 4.22. The van der Waals surface area contributed by atoms with Crippen LogP contribution in [0.4, 0.5) is 17.3 Å². The van der Waals surface area contributed by atoms with Crippen molar-refractivity contribution < 1.29 is 13.2 Å². The number of anilines is 3. The standard InChI is InChI=1S/C23H20ClN5O3S/c1-15(30)26-18-10-12-19(13-11-18)33(31,32)29-23-22(25-14-16-6-8-17(24)9-7-16)27-20-4-2-3-5-21(20)28-23/h2-13H,14H2,1H3,(H,25,27)(H,26,30)(H,28,29). The summed E-state index contributed by atoms with van der Waals surface area (Å²) in [5.41, 5.74) is 2.61. The number of hydrogen-bond acceptors (Lipinski definition) is 6. The molecular formula is C23H20ClN5O3S. The molecule has 0 atom stereocenters. The van der Waals surface area contributed by atoms with Gasteiger partial charge >= 0.3 is 0 Å². The maximum Gasteiger partial charge on any atom is 0.263 e. The van der Waals surface area contributed by atoms with Crippen LogP contribution in [0.1, 0.15) is 12.5 Å². The van der Waals surface area contributed by atoms with Gasteiger partial charge in [0.05, 0.1) is 15.9 Å². The van der Waals surface area contributed by atoms with Gasteiger partial charge < -0.3 is 10.6 Å². The summed E-state index contributed by atoms with van der Waals surface area (Å²) in [5, 5.41) is 6.39. The van der Waals surface area contributed by atoms with Gasteiger partial charge in [0.25, 0.3) is 10.0 Å². The normalized spacial score (nSPS) is 11.2. The molecule has 0 saturated carbocycles. The molecule has 4 aromatic rings. The topological polar surface area (TPSA) is 113 Å². The monoisotopic (exact) mass is 481 g/mol. The number of benzene rings is 3. The molecule has 1 heterocycles. The number of carbonyl (C=O) groups excluding carboxylic acids is 1.